The molecule has 0 aliphatic heterocycles. The first-order chi connectivity index (χ1) is 11.6. The Labute approximate surface area is 147 Å². The molecule has 0 aromatic heterocycles. The van der Waals surface area contributed by atoms with Crippen molar-refractivity contribution >= 4 is 11.8 Å². The summed E-state index contributed by atoms with van der Waals surface area (Å²) >= 11 is 0. The van der Waals surface area contributed by atoms with E-state index in [4.69, 9.17) is 0 Å². The predicted molar refractivity (Wildman–Crippen MR) is 106 cm³/mol. The maximum Gasteiger partial charge on any atom is 0.0363 e. The SMILES string of the molecule is CC1=Cc2ccccc2C1CCCCc1ccc(N(C)C)cc1C. The normalized spacial score (nSPS) is 16.0. The van der Waals surface area contributed by atoms with E-state index in [0.29, 0.717) is 5.92 Å². The van der Waals surface area contributed by atoms with Gasteiger partial charge in [-0.15, -0.1) is 0 Å². The second kappa shape index (κ2) is 7.25. The number of fused-ring (bicyclic) bond motifs is 1. The fraction of sp³-hybridized carbons (Fsp3) is 0.391. The first kappa shape index (κ1) is 16.8. The van der Waals surface area contributed by atoms with Gasteiger partial charge in [0.1, 0.15) is 0 Å². The van der Waals surface area contributed by atoms with Gasteiger partial charge in [-0.2, -0.15) is 0 Å². The number of hydrogen-bond donors (Lipinski definition) is 0. The highest BCUT2D eigenvalue weighted by molar-refractivity contribution is 5.65. The summed E-state index contributed by atoms with van der Waals surface area (Å²) < 4.78 is 0. The topological polar surface area (TPSA) is 3.24 Å². The maximum absolute atomic E-state index is 2.37. The molecular formula is C23H29N. The molecule has 0 spiro atoms. The third kappa shape index (κ3) is 3.56. The van der Waals surface area contributed by atoms with Gasteiger partial charge in [0.05, 0.1) is 0 Å². The van der Waals surface area contributed by atoms with Crippen molar-refractivity contribution in [3.8, 4) is 0 Å². The monoisotopic (exact) mass is 319 g/mol. The van der Waals surface area contributed by atoms with Gasteiger partial charge in [-0.25, -0.2) is 0 Å². The summed E-state index contributed by atoms with van der Waals surface area (Å²) in [6.07, 6.45) is 7.39. The van der Waals surface area contributed by atoms with Gasteiger partial charge in [0, 0.05) is 25.7 Å². The van der Waals surface area contributed by atoms with Crippen LogP contribution in [-0.4, -0.2) is 14.1 Å². The molecule has 0 radical (unpaired) electrons. The molecule has 1 nitrogen and oxygen atoms in total. The van der Waals surface area contributed by atoms with Gasteiger partial charge in [-0.05, 0) is 67.5 Å². The lowest BCUT2D eigenvalue weighted by Gasteiger charge is -2.16. The van der Waals surface area contributed by atoms with E-state index >= 15 is 0 Å². The summed E-state index contributed by atoms with van der Waals surface area (Å²) in [5, 5.41) is 0. The largest absolute Gasteiger partial charge is 0.378 e. The van der Waals surface area contributed by atoms with Crippen LogP contribution in [0.2, 0.25) is 0 Å². The van der Waals surface area contributed by atoms with Gasteiger partial charge in [0.25, 0.3) is 0 Å². The average molecular weight is 319 g/mol. The van der Waals surface area contributed by atoms with Gasteiger partial charge < -0.3 is 4.90 Å². The number of unbranched alkanes of at least 4 members (excludes halogenated alkanes) is 1. The molecule has 0 N–H and O–H groups in total. The molecule has 0 saturated heterocycles. The Morgan fingerprint density at radius 1 is 0.958 bits per heavy atom. The number of benzene rings is 2. The molecule has 2 aromatic carbocycles. The molecule has 1 unspecified atom stereocenters. The molecule has 3 rings (SSSR count). The number of rotatable bonds is 6. The zero-order valence-corrected chi connectivity index (χ0v) is 15.5. The minimum absolute atomic E-state index is 0.637. The van der Waals surface area contributed by atoms with Crippen molar-refractivity contribution in [2.75, 3.05) is 19.0 Å². The zero-order chi connectivity index (χ0) is 17.1. The minimum Gasteiger partial charge on any atom is -0.378 e. The van der Waals surface area contributed by atoms with E-state index in [1.807, 2.05) is 0 Å². The minimum atomic E-state index is 0.637. The Balaban J connectivity index is 1.54. The van der Waals surface area contributed by atoms with Crippen LogP contribution in [0.4, 0.5) is 5.69 Å². The fourth-order valence-electron chi connectivity index (χ4n) is 3.84. The number of anilines is 1. The first-order valence-electron chi connectivity index (χ1n) is 9.10. The van der Waals surface area contributed by atoms with E-state index in [2.05, 4.69) is 81.4 Å². The molecule has 1 aliphatic carbocycles. The first-order valence-corrected chi connectivity index (χ1v) is 9.10. The number of hydrogen-bond acceptors (Lipinski definition) is 1. The van der Waals surface area contributed by atoms with Crippen molar-refractivity contribution in [1.29, 1.82) is 0 Å². The van der Waals surface area contributed by atoms with Crippen molar-refractivity contribution in [2.45, 2.75) is 45.4 Å². The van der Waals surface area contributed by atoms with Crippen molar-refractivity contribution in [3.05, 3.63) is 70.3 Å². The Morgan fingerprint density at radius 2 is 1.75 bits per heavy atom. The third-order valence-corrected chi connectivity index (χ3v) is 5.34. The van der Waals surface area contributed by atoms with Crippen LogP contribution in [0.3, 0.4) is 0 Å². The van der Waals surface area contributed by atoms with Crippen molar-refractivity contribution in [1.82, 2.24) is 0 Å². The molecular weight excluding hydrogens is 290 g/mol. The van der Waals surface area contributed by atoms with Crippen LogP contribution >= 0.6 is 0 Å². The number of allylic oxidation sites excluding steroid dienone is 1. The number of aryl methyl sites for hydroxylation is 2. The summed E-state index contributed by atoms with van der Waals surface area (Å²) in [7, 11) is 4.20. The van der Waals surface area contributed by atoms with Crippen LogP contribution in [0.25, 0.3) is 6.08 Å². The summed E-state index contributed by atoms with van der Waals surface area (Å²) in [6, 6.07) is 15.7. The van der Waals surface area contributed by atoms with E-state index in [1.165, 1.54) is 59.2 Å². The number of nitrogens with zero attached hydrogens (tertiary/aromatic N) is 1. The molecule has 0 bridgehead atoms. The molecule has 24 heavy (non-hydrogen) atoms. The van der Waals surface area contributed by atoms with Crippen molar-refractivity contribution in [2.24, 2.45) is 0 Å². The summed E-state index contributed by atoms with van der Waals surface area (Å²) in [5.41, 5.74) is 8.70. The quantitative estimate of drug-likeness (QED) is 0.592. The highest BCUT2D eigenvalue weighted by Gasteiger charge is 2.21. The second-order valence-electron chi connectivity index (χ2n) is 7.32. The summed E-state index contributed by atoms with van der Waals surface area (Å²) in [6.45, 7) is 4.53. The fourth-order valence-corrected chi connectivity index (χ4v) is 3.84. The lowest BCUT2D eigenvalue weighted by Crippen LogP contribution is -2.09. The van der Waals surface area contributed by atoms with Crippen LogP contribution in [0.15, 0.2) is 48.0 Å². The molecule has 126 valence electrons. The Hall–Kier alpha value is -2.02. The van der Waals surface area contributed by atoms with Gasteiger partial charge in [0.15, 0.2) is 0 Å². The smallest absolute Gasteiger partial charge is 0.0363 e. The van der Waals surface area contributed by atoms with E-state index in [1.54, 1.807) is 0 Å². The molecule has 1 heteroatoms. The average Bonchev–Trinajstić information content (AvgIpc) is 2.88. The van der Waals surface area contributed by atoms with Crippen LogP contribution < -0.4 is 4.90 Å². The Kier molecular flexibility index (Phi) is 5.08. The van der Waals surface area contributed by atoms with E-state index in [9.17, 15) is 0 Å². The lowest BCUT2D eigenvalue weighted by molar-refractivity contribution is 0.625. The van der Waals surface area contributed by atoms with Crippen molar-refractivity contribution < 1.29 is 0 Å². The maximum atomic E-state index is 2.37. The second-order valence-corrected chi connectivity index (χ2v) is 7.32. The van der Waals surface area contributed by atoms with E-state index in [0.717, 1.165) is 0 Å². The lowest BCUT2D eigenvalue weighted by atomic mass is 9.90. The van der Waals surface area contributed by atoms with E-state index < -0.39 is 0 Å². The molecule has 2 aromatic rings. The highest BCUT2D eigenvalue weighted by atomic mass is 15.1. The summed E-state index contributed by atoms with van der Waals surface area (Å²) in [5.74, 6) is 0.637. The van der Waals surface area contributed by atoms with Gasteiger partial charge in [-0.3, -0.25) is 0 Å². The predicted octanol–water partition coefficient (Wildman–Crippen LogP) is 5.97. The van der Waals surface area contributed by atoms with Gasteiger partial charge in [0.2, 0.25) is 0 Å². The molecule has 1 atom stereocenters. The Morgan fingerprint density at radius 3 is 2.50 bits per heavy atom. The summed E-state index contributed by atoms with van der Waals surface area (Å²) in [4.78, 5) is 2.17. The zero-order valence-electron chi connectivity index (χ0n) is 15.5. The van der Waals surface area contributed by atoms with Crippen molar-refractivity contribution in [3.63, 3.8) is 0 Å². The standard InChI is InChI=1S/C23H29N/c1-17-16-21(24(3)4)14-13-19(17)9-5-7-11-22-18(2)15-20-10-6-8-12-23(20)22/h6,8,10,12-16,22H,5,7,9,11H2,1-4H3. The third-order valence-electron chi connectivity index (χ3n) is 5.34. The molecule has 0 amide bonds. The highest BCUT2D eigenvalue weighted by Crippen LogP contribution is 2.39. The molecule has 0 fully saturated rings. The van der Waals surface area contributed by atoms with Gasteiger partial charge >= 0.3 is 0 Å². The molecule has 0 heterocycles. The van der Waals surface area contributed by atoms with Crippen LogP contribution in [-0.2, 0) is 6.42 Å². The van der Waals surface area contributed by atoms with E-state index in [-0.39, 0.29) is 0 Å². The Bertz CT molecular complexity index is 739. The molecule has 0 saturated carbocycles. The van der Waals surface area contributed by atoms with Gasteiger partial charge in [-0.1, -0.05) is 48.4 Å². The van der Waals surface area contributed by atoms with Crippen LogP contribution in [0.5, 0.6) is 0 Å². The molecule has 1 aliphatic rings. The van der Waals surface area contributed by atoms with Crippen LogP contribution in [0, 0.1) is 6.92 Å². The van der Waals surface area contributed by atoms with Crippen LogP contribution in [0.1, 0.15) is 54.4 Å².